The predicted molar refractivity (Wildman–Crippen MR) is 56.5 cm³/mol. The van der Waals surface area contributed by atoms with E-state index in [4.69, 9.17) is 14.3 Å². The monoisotopic (exact) mass is 223 g/mol. The highest BCUT2D eigenvalue weighted by molar-refractivity contribution is 5.97. The predicted octanol–water partition coefficient (Wildman–Crippen LogP) is 1.09. The van der Waals surface area contributed by atoms with Crippen LogP contribution in [0.4, 0.5) is 0 Å². The molecular formula is C11H13NO4. The van der Waals surface area contributed by atoms with Gasteiger partial charge in [-0.2, -0.15) is 0 Å². The summed E-state index contributed by atoms with van der Waals surface area (Å²) in [7, 11) is 2.98. The van der Waals surface area contributed by atoms with Crippen molar-refractivity contribution in [1.29, 1.82) is 0 Å². The fourth-order valence-electron chi connectivity index (χ4n) is 1.49. The molecule has 86 valence electrons. The summed E-state index contributed by atoms with van der Waals surface area (Å²) in [5.74, 6) is 0.828. The molecule has 0 atom stereocenters. The van der Waals surface area contributed by atoms with Crippen molar-refractivity contribution >= 4 is 5.91 Å². The highest BCUT2D eigenvalue weighted by atomic mass is 16.7. The standard InChI is InChI=1S/C11H13NO4/c1-12(14-2)11(13)8-4-3-5-9-10(8)16-7-6-15-9/h3-5H,6-7H2,1-2H3. The van der Waals surface area contributed by atoms with Gasteiger partial charge in [0.2, 0.25) is 0 Å². The van der Waals surface area contributed by atoms with Gasteiger partial charge in [-0.1, -0.05) is 6.07 Å². The molecule has 0 N–H and O–H groups in total. The molecule has 1 aromatic carbocycles. The van der Waals surface area contributed by atoms with Gasteiger partial charge >= 0.3 is 0 Å². The highest BCUT2D eigenvalue weighted by Gasteiger charge is 2.22. The normalized spacial score (nSPS) is 13.4. The SMILES string of the molecule is CON(C)C(=O)c1cccc2c1OCCO2. The number of nitrogens with zero attached hydrogens (tertiary/aromatic N) is 1. The first-order chi connectivity index (χ1) is 7.74. The summed E-state index contributed by atoms with van der Waals surface area (Å²) >= 11 is 0. The van der Waals surface area contributed by atoms with Crippen molar-refractivity contribution in [3.63, 3.8) is 0 Å². The number of rotatable bonds is 2. The third-order valence-corrected chi connectivity index (χ3v) is 2.36. The van der Waals surface area contributed by atoms with Crippen LogP contribution < -0.4 is 9.47 Å². The Bertz CT molecular complexity index is 405. The molecule has 1 aromatic rings. The second-order valence-electron chi connectivity index (χ2n) is 3.31. The minimum Gasteiger partial charge on any atom is -0.486 e. The van der Waals surface area contributed by atoms with Crippen molar-refractivity contribution in [2.75, 3.05) is 27.4 Å². The average Bonchev–Trinajstić information content (AvgIpc) is 2.36. The zero-order chi connectivity index (χ0) is 11.5. The van der Waals surface area contributed by atoms with E-state index in [-0.39, 0.29) is 5.91 Å². The molecule has 5 nitrogen and oxygen atoms in total. The first-order valence-corrected chi connectivity index (χ1v) is 4.95. The minimum absolute atomic E-state index is 0.259. The molecule has 0 unspecified atom stereocenters. The zero-order valence-electron chi connectivity index (χ0n) is 9.23. The molecule has 5 heteroatoms. The fourth-order valence-corrected chi connectivity index (χ4v) is 1.49. The number of fused-ring (bicyclic) bond motifs is 1. The van der Waals surface area contributed by atoms with E-state index in [0.717, 1.165) is 5.06 Å². The van der Waals surface area contributed by atoms with Gasteiger partial charge in [-0.3, -0.25) is 9.63 Å². The van der Waals surface area contributed by atoms with Gasteiger partial charge < -0.3 is 9.47 Å². The van der Waals surface area contributed by atoms with Crippen molar-refractivity contribution < 1.29 is 19.1 Å². The molecule has 1 heterocycles. The van der Waals surface area contributed by atoms with Gasteiger partial charge in [0.05, 0.1) is 12.7 Å². The Morgan fingerprint density at radius 2 is 2.12 bits per heavy atom. The van der Waals surface area contributed by atoms with Crippen LogP contribution in [0.3, 0.4) is 0 Å². The van der Waals surface area contributed by atoms with Gasteiger partial charge in [0, 0.05) is 7.05 Å². The second-order valence-corrected chi connectivity index (χ2v) is 3.31. The smallest absolute Gasteiger partial charge is 0.281 e. The van der Waals surface area contributed by atoms with Gasteiger partial charge in [0.25, 0.3) is 5.91 Å². The first-order valence-electron chi connectivity index (χ1n) is 4.95. The number of hydrogen-bond acceptors (Lipinski definition) is 4. The molecule has 0 aromatic heterocycles. The Morgan fingerprint density at radius 1 is 1.38 bits per heavy atom. The van der Waals surface area contributed by atoms with E-state index in [0.29, 0.717) is 30.3 Å². The van der Waals surface area contributed by atoms with E-state index in [1.165, 1.54) is 7.11 Å². The van der Waals surface area contributed by atoms with Crippen LogP contribution in [0.1, 0.15) is 10.4 Å². The van der Waals surface area contributed by atoms with Crippen LogP contribution in [-0.2, 0) is 4.84 Å². The summed E-state index contributed by atoms with van der Waals surface area (Å²) in [6, 6.07) is 5.22. The van der Waals surface area contributed by atoms with Crippen LogP contribution in [0, 0.1) is 0 Å². The van der Waals surface area contributed by atoms with Crippen LogP contribution in [-0.4, -0.2) is 38.3 Å². The van der Waals surface area contributed by atoms with Gasteiger partial charge in [-0.05, 0) is 12.1 Å². The molecule has 0 saturated carbocycles. The van der Waals surface area contributed by atoms with E-state index in [1.807, 2.05) is 0 Å². The number of hydrogen-bond donors (Lipinski definition) is 0. The van der Waals surface area contributed by atoms with E-state index >= 15 is 0 Å². The van der Waals surface area contributed by atoms with Crippen molar-refractivity contribution in [3.8, 4) is 11.5 Å². The van der Waals surface area contributed by atoms with Gasteiger partial charge in [0.15, 0.2) is 11.5 Å². The number of carbonyl (C=O) groups excluding carboxylic acids is 1. The number of carbonyl (C=O) groups is 1. The van der Waals surface area contributed by atoms with Crippen molar-refractivity contribution in [2.45, 2.75) is 0 Å². The maximum Gasteiger partial charge on any atom is 0.281 e. The summed E-state index contributed by atoms with van der Waals surface area (Å²) in [6.07, 6.45) is 0. The highest BCUT2D eigenvalue weighted by Crippen LogP contribution is 2.34. The molecule has 0 aliphatic carbocycles. The molecule has 1 aliphatic heterocycles. The van der Waals surface area contributed by atoms with Gasteiger partial charge in [-0.15, -0.1) is 0 Å². The van der Waals surface area contributed by atoms with Crippen LogP contribution >= 0.6 is 0 Å². The van der Waals surface area contributed by atoms with E-state index < -0.39 is 0 Å². The van der Waals surface area contributed by atoms with E-state index in [9.17, 15) is 4.79 Å². The Kier molecular flexibility index (Phi) is 2.96. The summed E-state index contributed by atoms with van der Waals surface area (Å²) in [5.41, 5.74) is 0.446. The molecule has 0 bridgehead atoms. The maximum atomic E-state index is 11.9. The second kappa shape index (κ2) is 4.40. The maximum absolute atomic E-state index is 11.9. The molecule has 0 spiro atoms. The number of amides is 1. The lowest BCUT2D eigenvalue weighted by molar-refractivity contribution is -0.0759. The molecule has 0 fully saturated rings. The molecule has 1 aliphatic rings. The minimum atomic E-state index is -0.259. The van der Waals surface area contributed by atoms with Crippen LogP contribution in [0.25, 0.3) is 0 Å². The summed E-state index contributed by atoms with van der Waals surface area (Å²) in [6.45, 7) is 0.957. The number of hydroxylamine groups is 2. The van der Waals surface area contributed by atoms with Crippen molar-refractivity contribution in [1.82, 2.24) is 5.06 Å². The van der Waals surface area contributed by atoms with Gasteiger partial charge in [0.1, 0.15) is 13.2 Å². The largest absolute Gasteiger partial charge is 0.486 e. The third-order valence-electron chi connectivity index (χ3n) is 2.36. The van der Waals surface area contributed by atoms with Crippen LogP contribution in [0.5, 0.6) is 11.5 Å². The fraction of sp³-hybridized carbons (Fsp3) is 0.364. The molecule has 0 saturated heterocycles. The summed E-state index contributed by atoms with van der Waals surface area (Å²) < 4.78 is 10.8. The zero-order valence-corrected chi connectivity index (χ0v) is 9.23. The average molecular weight is 223 g/mol. The lowest BCUT2D eigenvalue weighted by Gasteiger charge is -2.22. The summed E-state index contributed by atoms with van der Waals surface area (Å²) in [4.78, 5) is 16.8. The Morgan fingerprint density at radius 3 is 2.88 bits per heavy atom. The number of ether oxygens (including phenoxy) is 2. The molecule has 2 rings (SSSR count). The van der Waals surface area contributed by atoms with Crippen LogP contribution in [0.15, 0.2) is 18.2 Å². The van der Waals surface area contributed by atoms with Crippen molar-refractivity contribution in [3.05, 3.63) is 23.8 Å². The molecular weight excluding hydrogens is 210 g/mol. The molecule has 16 heavy (non-hydrogen) atoms. The molecule has 1 amide bonds. The Labute approximate surface area is 93.5 Å². The van der Waals surface area contributed by atoms with Crippen molar-refractivity contribution in [2.24, 2.45) is 0 Å². The molecule has 0 radical (unpaired) electrons. The van der Waals surface area contributed by atoms with Gasteiger partial charge in [-0.25, -0.2) is 5.06 Å². The number of benzene rings is 1. The summed E-state index contributed by atoms with van der Waals surface area (Å²) in [5, 5.41) is 1.15. The van der Waals surface area contributed by atoms with Crippen LogP contribution in [0.2, 0.25) is 0 Å². The first kappa shape index (κ1) is 10.8. The third kappa shape index (κ3) is 1.81. The van der Waals surface area contributed by atoms with E-state index in [1.54, 1.807) is 25.2 Å². The lowest BCUT2D eigenvalue weighted by Crippen LogP contribution is -2.27. The quantitative estimate of drug-likeness (QED) is 0.704. The number of para-hydroxylation sites is 1. The lowest BCUT2D eigenvalue weighted by atomic mass is 10.1. The Hall–Kier alpha value is -1.75. The topological polar surface area (TPSA) is 48.0 Å². The Balaban J connectivity index is 2.37. The van der Waals surface area contributed by atoms with E-state index in [2.05, 4.69) is 0 Å².